The van der Waals surface area contributed by atoms with Gasteiger partial charge in [-0.1, -0.05) is 0 Å². The Balaban J connectivity index is 2.12. The number of hydrogen-bond acceptors (Lipinski definition) is 5. The van der Waals surface area contributed by atoms with Gasteiger partial charge in [0.25, 0.3) is 0 Å². The lowest BCUT2D eigenvalue weighted by molar-refractivity contribution is 1.09. The summed E-state index contributed by atoms with van der Waals surface area (Å²) in [4.78, 5) is 8.57. The van der Waals surface area contributed by atoms with Crippen molar-refractivity contribution in [2.75, 3.05) is 6.67 Å². The highest BCUT2D eigenvalue weighted by atomic mass is 32.1. The average Bonchev–Trinajstić information content (AvgIpc) is 2.64. The minimum Gasteiger partial charge on any atom is -0.264 e. The van der Waals surface area contributed by atoms with Crippen LogP contribution in [0.4, 0.5) is 0 Å². The fourth-order valence-corrected chi connectivity index (χ4v) is 2.09. The highest BCUT2D eigenvalue weighted by Crippen LogP contribution is 2.18. The number of fused-ring (bicyclic) bond motifs is 2. The number of hydrogen-bond donors (Lipinski definition) is 0. The molecule has 0 bridgehead atoms. The SMILES string of the molecule is C1N=C2Cc3nsnc3CC2=N1. The van der Waals surface area contributed by atoms with E-state index in [1.165, 1.54) is 11.7 Å². The van der Waals surface area contributed by atoms with Gasteiger partial charge >= 0.3 is 0 Å². The lowest BCUT2D eigenvalue weighted by Gasteiger charge is -2.09. The summed E-state index contributed by atoms with van der Waals surface area (Å²) in [5.74, 6) is 0. The van der Waals surface area contributed by atoms with Crippen LogP contribution in [0.2, 0.25) is 0 Å². The molecule has 0 aromatic carbocycles. The Bertz CT molecular complexity index is 355. The van der Waals surface area contributed by atoms with E-state index in [0.717, 1.165) is 35.7 Å². The Morgan fingerprint density at radius 2 is 1.50 bits per heavy atom. The first-order valence-electron chi connectivity index (χ1n) is 3.81. The van der Waals surface area contributed by atoms with Crippen molar-refractivity contribution in [2.24, 2.45) is 9.98 Å². The normalized spacial score (nSPS) is 19.7. The number of aliphatic imine (C=N–C) groups is 2. The van der Waals surface area contributed by atoms with Gasteiger partial charge in [0, 0.05) is 12.8 Å². The van der Waals surface area contributed by atoms with E-state index < -0.39 is 0 Å². The van der Waals surface area contributed by atoms with Crippen LogP contribution < -0.4 is 0 Å². The standard InChI is InChI=1S/C7H6N4S/c1-4-5(9-3-8-4)2-7-6(1)10-12-11-7/h1-3H2. The van der Waals surface area contributed by atoms with Crippen LogP contribution in [0.1, 0.15) is 11.4 Å². The van der Waals surface area contributed by atoms with E-state index in [-0.39, 0.29) is 0 Å². The smallest absolute Gasteiger partial charge is 0.130 e. The van der Waals surface area contributed by atoms with Gasteiger partial charge in [-0.2, -0.15) is 8.75 Å². The number of rotatable bonds is 0. The molecule has 1 aromatic heterocycles. The Morgan fingerprint density at radius 3 is 2.08 bits per heavy atom. The topological polar surface area (TPSA) is 50.5 Å². The van der Waals surface area contributed by atoms with Crippen LogP contribution in [0.3, 0.4) is 0 Å². The molecule has 0 amide bonds. The Kier molecular flexibility index (Phi) is 1.17. The highest BCUT2D eigenvalue weighted by Gasteiger charge is 2.25. The van der Waals surface area contributed by atoms with E-state index in [2.05, 4.69) is 18.7 Å². The van der Waals surface area contributed by atoms with Crippen LogP contribution in [0.15, 0.2) is 9.98 Å². The molecule has 1 aromatic rings. The van der Waals surface area contributed by atoms with E-state index in [9.17, 15) is 0 Å². The molecule has 5 heteroatoms. The largest absolute Gasteiger partial charge is 0.264 e. The summed E-state index contributed by atoms with van der Waals surface area (Å²) in [5.41, 5.74) is 4.43. The second kappa shape index (κ2) is 2.20. The van der Waals surface area contributed by atoms with E-state index >= 15 is 0 Å². The van der Waals surface area contributed by atoms with Crippen molar-refractivity contribution in [3.63, 3.8) is 0 Å². The van der Waals surface area contributed by atoms with Crippen molar-refractivity contribution in [1.29, 1.82) is 0 Å². The molecular formula is C7H6N4S. The van der Waals surface area contributed by atoms with Crippen molar-refractivity contribution in [3.05, 3.63) is 11.4 Å². The first-order chi connectivity index (χ1) is 5.93. The van der Waals surface area contributed by atoms with Crippen LogP contribution in [-0.4, -0.2) is 26.8 Å². The molecule has 0 atom stereocenters. The third kappa shape index (κ3) is 0.768. The lowest BCUT2D eigenvalue weighted by atomic mass is 9.97. The third-order valence-electron chi connectivity index (χ3n) is 2.16. The zero-order valence-electron chi connectivity index (χ0n) is 6.32. The van der Waals surface area contributed by atoms with E-state index in [4.69, 9.17) is 0 Å². The summed E-state index contributed by atoms with van der Waals surface area (Å²) in [6.45, 7) is 0.609. The molecule has 0 unspecified atom stereocenters. The van der Waals surface area contributed by atoms with Crippen molar-refractivity contribution >= 4 is 23.2 Å². The Labute approximate surface area is 73.4 Å². The molecule has 0 saturated heterocycles. The zero-order valence-corrected chi connectivity index (χ0v) is 7.13. The van der Waals surface area contributed by atoms with Crippen molar-refractivity contribution in [1.82, 2.24) is 8.75 Å². The third-order valence-corrected chi connectivity index (χ3v) is 2.77. The van der Waals surface area contributed by atoms with Gasteiger partial charge < -0.3 is 0 Å². The second-order valence-electron chi connectivity index (χ2n) is 2.86. The fourth-order valence-electron chi connectivity index (χ4n) is 1.51. The summed E-state index contributed by atoms with van der Waals surface area (Å²) >= 11 is 1.28. The molecule has 0 N–H and O–H groups in total. The van der Waals surface area contributed by atoms with Gasteiger partial charge in [0.05, 0.1) is 34.5 Å². The summed E-state index contributed by atoms with van der Waals surface area (Å²) in [6.07, 6.45) is 1.68. The van der Waals surface area contributed by atoms with Gasteiger partial charge in [-0.25, -0.2) is 0 Å². The van der Waals surface area contributed by atoms with Gasteiger partial charge in [-0.15, -0.1) is 0 Å². The van der Waals surface area contributed by atoms with E-state index in [1.807, 2.05) is 0 Å². The van der Waals surface area contributed by atoms with Crippen LogP contribution >= 0.6 is 11.7 Å². The van der Waals surface area contributed by atoms with E-state index in [0.29, 0.717) is 6.67 Å². The second-order valence-corrected chi connectivity index (χ2v) is 3.39. The van der Waals surface area contributed by atoms with Crippen LogP contribution in [0.25, 0.3) is 0 Å². The monoisotopic (exact) mass is 178 g/mol. The molecule has 2 heterocycles. The minimum atomic E-state index is 0.609. The molecule has 4 nitrogen and oxygen atoms in total. The van der Waals surface area contributed by atoms with Crippen LogP contribution in [0, 0.1) is 0 Å². The first kappa shape index (κ1) is 6.42. The summed E-state index contributed by atoms with van der Waals surface area (Å²) in [7, 11) is 0. The van der Waals surface area contributed by atoms with Gasteiger partial charge in [0.1, 0.15) is 6.67 Å². The van der Waals surface area contributed by atoms with Crippen molar-refractivity contribution in [2.45, 2.75) is 12.8 Å². The molecular weight excluding hydrogens is 172 g/mol. The van der Waals surface area contributed by atoms with Crippen LogP contribution in [0.5, 0.6) is 0 Å². The predicted octanol–water partition coefficient (Wildman–Crippen LogP) is 0.490. The summed E-state index contributed by atoms with van der Waals surface area (Å²) in [6, 6.07) is 0. The Morgan fingerprint density at radius 1 is 0.917 bits per heavy atom. The van der Waals surface area contributed by atoms with Crippen molar-refractivity contribution in [3.8, 4) is 0 Å². The molecule has 60 valence electrons. The summed E-state index contributed by atoms with van der Waals surface area (Å²) in [5, 5.41) is 0. The average molecular weight is 178 g/mol. The Hall–Kier alpha value is -1.10. The molecule has 0 saturated carbocycles. The van der Waals surface area contributed by atoms with E-state index in [1.54, 1.807) is 0 Å². The molecule has 1 aliphatic heterocycles. The fraction of sp³-hybridized carbons (Fsp3) is 0.429. The maximum Gasteiger partial charge on any atom is 0.130 e. The highest BCUT2D eigenvalue weighted by molar-refractivity contribution is 6.99. The molecule has 1 aliphatic carbocycles. The molecule has 0 radical (unpaired) electrons. The van der Waals surface area contributed by atoms with Gasteiger partial charge in [0.2, 0.25) is 0 Å². The maximum atomic E-state index is 4.29. The number of nitrogens with zero attached hydrogens (tertiary/aromatic N) is 4. The molecule has 3 rings (SSSR count). The molecule has 12 heavy (non-hydrogen) atoms. The molecule has 0 spiro atoms. The zero-order chi connectivity index (χ0) is 7.97. The minimum absolute atomic E-state index is 0.609. The van der Waals surface area contributed by atoms with Gasteiger partial charge in [0.15, 0.2) is 0 Å². The predicted molar refractivity (Wildman–Crippen MR) is 47.1 cm³/mol. The van der Waals surface area contributed by atoms with Crippen molar-refractivity contribution < 1.29 is 0 Å². The first-order valence-corrected chi connectivity index (χ1v) is 4.54. The maximum absolute atomic E-state index is 4.29. The van der Waals surface area contributed by atoms with Gasteiger partial charge in [-0.05, 0) is 0 Å². The quantitative estimate of drug-likeness (QED) is 0.580. The lowest BCUT2D eigenvalue weighted by Crippen LogP contribution is -2.23. The summed E-state index contributed by atoms with van der Waals surface area (Å²) < 4.78 is 8.42. The van der Waals surface area contributed by atoms with Crippen LogP contribution in [-0.2, 0) is 12.8 Å². The van der Waals surface area contributed by atoms with Gasteiger partial charge in [-0.3, -0.25) is 9.98 Å². The molecule has 2 aliphatic rings. The number of aromatic nitrogens is 2. The molecule has 0 fully saturated rings.